The van der Waals surface area contributed by atoms with Crippen molar-refractivity contribution >= 4 is 23.5 Å². The number of nitrogens with zero attached hydrogens (tertiary/aromatic N) is 2. The van der Waals surface area contributed by atoms with E-state index in [1.807, 2.05) is 24.5 Å². The first-order valence-corrected chi connectivity index (χ1v) is 7.77. The third kappa shape index (κ3) is 3.24. The lowest BCUT2D eigenvalue weighted by Crippen LogP contribution is -1.99. The van der Waals surface area contributed by atoms with Crippen molar-refractivity contribution in [2.75, 3.05) is 0 Å². The Bertz CT molecular complexity index is 912. The van der Waals surface area contributed by atoms with E-state index in [0.717, 1.165) is 22.6 Å². The van der Waals surface area contributed by atoms with Gasteiger partial charge in [-0.2, -0.15) is 0 Å². The number of aliphatic imine (C=N–C) groups is 1. The molecule has 0 spiro atoms. The highest BCUT2D eigenvalue weighted by Crippen LogP contribution is 2.23. The average Bonchev–Trinajstić information content (AvgIpc) is 2.84. The monoisotopic (exact) mass is 344 g/mol. The van der Waals surface area contributed by atoms with E-state index in [2.05, 4.69) is 4.99 Å². The Morgan fingerprint density at radius 3 is 2.38 bits per heavy atom. The van der Waals surface area contributed by atoms with Gasteiger partial charge in [0, 0.05) is 28.9 Å². The van der Waals surface area contributed by atoms with Crippen LogP contribution >= 0.6 is 11.6 Å². The molecule has 0 saturated heterocycles. The Morgan fingerprint density at radius 2 is 1.71 bits per heavy atom. The van der Waals surface area contributed by atoms with Crippen LogP contribution in [-0.2, 0) is 0 Å². The first kappa shape index (κ1) is 16.4. The molecule has 3 aromatic rings. The zero-order valence-electron chi connectivity index (χ0n) is 13.2. The molecule has 0 aliphatic rings. The van der Waals surface area contributed by atoms with Crippen molar-refractivity contribution in [3.05, 3.63) is 82.1 Å². The van der Waals surface area contributed by atoms with Gasteiger partial charge in [0.1, 0.15) is 11.6 Å². The van der Waals surface area contributed by atoms with E-state index in [1.165, 1.54) is 24.3 Å². The number of aromatic nitrogens is 1. The number of rotatable bonds is 3. The van der Waals surface area contributed by atoms with Gasteiger partial charge >= 0.3 is 0 Å². The number of aryl methyl sites for hydroxylation is 1. The second kappa shape index (κ2) is 6.57. The van der Waals surface area contributed by atoms with Crippen molar-refractivity contribution in [1.82, 2.24) is 4.57 Å². The third-order valence-corrected chi connectivity index (χ3v) is 4.10. The van der Waals surface area contributed by atoms with Crippen LogP contribution in [-0.4, -0.2) is 10.8 Å². The van der Waals surface area contributed by atoms with Crippen LogP contribution in [0.1, 0.15) is 17.0 Å². The van der Waals surface area contributed by atoms with E-state index in [1.54, 1.807) is 24.4 Å². The number of hydrogen-bond donors (Lipinski definition) is 0. The normalized spacial score (nSPS) is 11.4. The highest BCUT2D eigenvalue weighted by Gasteiger charge is 2.09. The molecule has 1 heterocycles. The van der Waals surface area contributed by atoms with Gasteiger partial charge in [0.2, 0.25) is 0 Å². The molecular weight excluding hydrogens is 330 g/mol. The van der Waals surface area contributed by atoms with E-state index in [9.17, 15) is 8.78 Å². The van der Waals surface area contributed by atoms with Crippen LogP contribution in [0.5, 0.6) is 0 Å². The Hall–Kier alpha value is -2.46. The van der Waals surface area contributed by atoms with Crippen molar-refractivity contribution in [2.24, 2.45) is 4.99 Å². The summed E-state index contributed by atoms with van der Waals surface area (Å²) < 4.78 is 28.3. The van der Waals surface area contributed by atoms with Crippen molar-refractivity contribution < 1.29 is 8.78 Å². The highest BCUT2D eigenvalue weighted by atomic mass is 35.5. The summed E-state index contributed by atoms with van der Waals surface area (Å²) in [4.78, 5) is 4.35. The molecule has 0 N–H and O–H groups in total. The molecule has 0 amide bonds. The Balaban J connectivity index is 1.95. The minimum absolute atomic E-state index is 0.0430. The van der Waals surface area contributed by atoms with Crippen LogP contribution < -0.4 is 0 Å². The van der Waals surface area contributed by atoms with Gasteiger partial charge in [0.25, 0.3) is 0 Å². The second-order valence-electron chi connectivity index (χ2n) is 5.49. The van der Waals surface area contributed by atoms with Gasteiger partial charge < -0.3 is 4.57 Å². The first-order chi connectivity index (χ1) is 11.5. The highest BCUT2D eigenvalue weighted by molar-refractivity contribution is 6.31. The Morgan fingerprint density at radius 1 is 1.00 bits per heavy atom. The number of benzene rings is 2. The van der Waals surface area contributed by atoms with Gasteiger partial charge in [-0.25, -0.2) is 8.78 Å². The molecule has 0 fully saturated rings. The third-order valence-electron chi connectivity index (χ3n) is 3.81. The zero-order valence-corrected chi connectivity index (χ0v) is 14.0. The van der Waals surface area contributed by atoms with Crippen LogP contribution in [0.3, 0.4) is 0 Å². The Labute approximate surface area is 144 Å². The predicted octanol–water partition coefficient (Wildman–Crippen LogP) is 5.78. The largest absolute Gasteiger partial charge is 0.318 e. The maximum absolute atomic E-state index is 13.2. The summed E-state index contributed by atoms with van der Waals surface area (Å²) in [7, 11) is 0. The summed E-state index contributed by atoms with van der Waals surface area (Å²) in [6.45, 7) is 3.94. The van der Waals surface area contributed by atoms with Gasteiger partial charge in [-0.3, -0.25) is 4.99 Å². The summed E-state index contributed by atoms with van der Waals surface area (Å²) >= 11 is 5.77. The zero-order chi connectivity index (χ0) is 17.3. The Kier molecular flexibility index (Phi) is 4.49. The molecule has 3 rings (SSSR count). The van der Waals surface area contributed by atoms with Gasteiger partial charge in [-0.05, 0) is 62.4 Å². The van der Waals surface area contributed by atoms with Crippen molar-refractivity contribution in [1.29, 1.82) is 0 Å². The summed E-state index contributed by atoms with van der Waals surface area (Å²) in [5.74, 6) is -0.735. The molecule has 2 nitrogen and oxygen atoms in total. The number of halogens is 3. The fourth-order valence-electron chi connectivity index (χ4n) is 2.62. The summed E-state index contributed by atoms with van der Waals surface area (Å²) in [5, 5.41) is 0.0430. The molecule has 0 aliphatic carbocycles. The quantitative estimate of drug-likeness (QED) is 0.536. The smallest absolute Gasteiger partial charge is 0.141 e. The second-order valence-corrected chi connectivity index (χ2v) is 5.90. The molecule has 0 unspecified atom stereocenters. The maximum atomic E-state index is 13.2. The van der Waals surface area contributed by atoms with Crippen LogP contribution in [0.2, 0.25) is 5.02 Å². The average molecular weight is 345 g/mol. The molecule has 0 radical (unpaired) electrons. The van der Waals surface area contributed by atoms with Crippen LogP contribution in [0.4, 0.5) is 14.5 Å². The molecule has 1 aromatic heterocycles. The van der Waals surface area contributed by atoms with Crippen molar-refractivity contribution in [3.8, 4) is 5.69 Å². The van der Waals surface area contributed by atoms with Crippen molar-refractivity contribution in [3.63, 3.8) is 0 Å². The topological polar surface area (TPSA) is 17.3 Å². The molecular formula is C19H15ClF2N2. The van der Waals surface area contributed by atoms with E-state index in [-0.39, 0.29) is 10.8 Å². The minimum Gasteiger partial charge on any atom is -0.318 e. The van der Waals surface area contributed by atoms with E-state index in [4.69, 9.17) is 11.6 Å². The predicted molar refractivity (Wildman–Crippen MR) is 93.9 cm³/mol. The number of hydrogen-bond acceptors (Lipinski definition) is 1. The molecule has 5 heteroatoms. The molecule has 2 aromatic carbocycles. The van der Waals surface area contributed by atoms with Crippen molar-refractivity contribution in [2.45, 2.75) is 13.8 Å². The minimum atomic E-state index is -0.467. The SMILES string of the molecule is Cc1cc(C=Nc2ccc(F)c(Cl)c2)c(C)n1-c1ccc(F)cc1. The van der Waals surface area contributed by atoms with Crippen LogP contribution in [0.25, 0.3) is 5.69 Å². The molecule has 0 aliphatic heterocycles. The maximum Gasteiger partial charge on any atom is 0.141 e. The summed E-state index contributed by atoms with van der Waals surface area (Å²) in [6, 6.07) is 12.7. The fourth-order valence-corrected chi connectivity index (χ4v) is 2.79. The molecule has 0 saturated carbocycles. The lowest BCUT2D eigenvalue weighted by atomic mass is 10.2. The van der Waals surface area contributed by atoms with E-state index in [0.29, 0.717) is 5.69 Å². The lowest BCUT2D eigenvalue weighted by molar-refractivity contribution is 0.627. The van der Waals surface area contributed by atoms with Crippen LogP contribution in [0.15, 0.2) is 53.5 Å². The van der Waals surface area contributed by atoms with Gasteiger partial charge in [-0.15, -0.1) is 0 Å². The molecule has 0 bridgehead atoms. The van der Waals surface area contributed by atoms with E-state index < -0.39 is 5.82 Å². The molecule has 0 atom stereocenters. The van der Waals surface area contributed by atoms with Gasteiger partial charge in [-0.1, -0.05) is 11.6 Å². The van der Waals surface area contributed by atoms with E-state index >= 15 is 0 Å². The standard InChI is InChI=1S/C19H15ClF2N2/c1-12-9-14(11-23-16-5-8-19(22)18(20)10-16)13(2)24(12)17-6-3-15(21)4-7-17/h3-11H,1-2H3. The van der Waals surface area contributed by atoms with Gasteiger partial charge in [0.05, 0.1) is 10.7 Å². The molecule has 24 heavy (non-hydrogen) atoms. The lowest BCUT2D eigenvalue weighted by Gasteiger charge is -2.09. The fraction of sp³-hybridized carbons (Fsp3) is 0.105. The molecule has 122 valence electrons. The first-order valence-electron chi connectivity index (χ1n) is 7.39. The summed E-state index contributed by atoms with van der Waals surface area (Å²) in [5.41, 5.74) is 4.38. The summed E-state index contributed by atoms with van der Waals surface area (Å²) in [6.07, 6.45) is 1.71. The van der Waals surface area contributed by atoms with Gasteiger partial charge in [0.15, 0.2) is 0 Å². The van der Waals surface area contributed by atoms with Crippen LogP contribution in [0, 0.1) is 25.5 Å².